The molecule has 122 valence electrons. The third-order valence-electron chi connectivity index (χ3n) is 5.22. The monoisotopic (exact) mass is 305 g/mol. The van der Waals surface area contributed by atoms with Gasteiger partial charge in [-0.15, -0.1) is 0 Å². The lowest BCUT2D eigenvalue weighted by Crippen LogP contribution is -2.48. The molecule has 2 heterocycles. The predicted molar refractivity (Wildman–Crippen MR) is 86.9 cm³/mol. The van der Waals surface area contributed by atoms with Gasteiger partial charge in [0, 0.05) is 31.2 Å². The maximum atomic E-state index is 5.60. The van der Waals surface area contributed by atoms with Crippen LogP contribution in [0.2, 0.25) is 0 Å². The maximum Gasteiger partial charge on any atom is 0.161 e. The minimum absolute atomic E-state index is 0.178. The first-order valence-electron chi connectivity index (χ1n) is 8.31. The molecule has 4 heteroatoms. The van der Waals surface area contributed by atoms with Crippen LogP contribution in [0.25, 0.3) is 0 Å². The molecule has 22 heavy (non-hydrogen) atoms. The smallest absolute Gasteiger partial charge is 0.161 e. The minimum atomic E-state index is 0.178. The van der Waals surface area contributed by atoms with Gasteiger partial charge in [-0.25, -0.2) is 0 Å². The summed E-state index contributed by atoms with van der Waals surface area (Å²) in [4.78, 5) is 0. The molecule has 2 aliphatic rings. The quantitative estimate of drug-likeness (QED) is 0.927. The molecule has 0 saturated carbocycles. The lowest BCUT2D eigenvalue weighted by molar-refractivity contribution is 0.0449. The lowest BCUT2D eigenvalue weighted by Gasteiger charge is -2.45. The molecule has 4 nitrogen and oxygen atoms in total. The van der Waals surface area contributed by atoms with Crippen LogP contribution >= 0.6 is 0 Å². The number of hydrogen-bond donors (Lipinski definition) is 1. The predicted octanol–water partition coefficient (Wildman–Crippen LogP) is 3.20. The Bertz CT molecular complexity index is 523. The Kier molecular flexibility index (Phi) is 4.59. The van der Waals surface area contributed by atoms with E-state index in [1.807, 2.05) is 0 Å². The van der Waals surface area contributed by atoms with E-state index < -0.39 is 0 Å². The van der Waals surface area contributed by atoms with Crippen molar-refractivity contribution < 1.29 is 14.2 Å². The van der Waals surface area contributed by atoms with Crippen LogP contribution in [0.1, 0.15) is 49.8 Å². The number of hydrogen-bond acceptors (Lipinski definition) is 4. The molecule has 1 N–H and O–H groups in total. The highest BCUT2D eigenvalue weighted by molar-refractivity contribution is 5.52. The van der Waals surface area contributed by atoms with Crippen LogP contribution in [0, 0.1) is 0 Å². The van der Waals surface area contributed by atoms with Gasteiger partial charge in [0.05, 0.1) is 14.2 Å². The third kappa shape index (κ3) is 2.59. The Balaban J connectivity index is 2.09. The van der Waals surface area contributed by atoms with Crippen LogP contribution in [0.5, 0.6) is 11.5 Å². The fourth-order valence-corrected chi connectivity index (χ4v) is 3.92. The summed E-state index contributed by atoms with van der Waals surface area (Å²) in [5.74, 6) is 1.66. The van der Waals surface area contributed by atoms with Gasteiger partial charge >= 0.3 is 0 Å². The summed E-state index contributed by atoms with van der Waals surface area (Å²) in [5, 5.41) is 3.77. The SMILES string of the molecule is CCCC1NCC2(CCOCC2)c2cc(OC)c(OC)cc21. The zero-order valence-electron chi connectivity index (χ0n) is 13.9. The standard InChI is InChI=1S/C18H27NO3/c1-4-5-15-13-10-16(20-2)17(21-3)11-14(13)18(12-19-15)6-8-22-9-7-18/h10-11,15,19H,4-9,12H2,1-3H3. The molecule has 0 amide bonds. The van der Waals surface area contributed by atoms with Gasteiger partial charge < -0.3 is 19.5 Å². The van der Waals surface area contributed by atoms with Crippen molar-refractivity contribution in [2.45, 2.75) is 44.1 Å². The van der Waals surface area contributed by atoms with Crippen molar-refractivity contribution in [3.05, 3.63) is 23.3 Å². The van der Waals surface area contributed by atoms with E-state index in [9.17, 15) is 0 Å². The van der Waals surface area contributed by atoms with E-state index in [0.29, 0.717) is 6.04 Å². The molecule has 1 unspecified atom stereocenters. The van der Waals surface area contributed by atoms with Gasteiger partial charge in [-0.1, -0.05) is 13.3 Å². The van der Waals surface area contributed by atoms with Crippen LogP contribution < -0.4 is 14.8 Å². The highest BCUT2D eigenvalue weighted by Gasteiger charge is 2.41. The summed E-state index contributed by atoms with van der Waals surface area (Å²) in [6, 6.07) is 4.80. The molecular formula is C18H27NO3. The Morgan fingerprint density at radius 2 is 1.86 bits per heavy atom. The fraction of sp³-hybridized carbons (Fsp3) is 0.667. The first kappa shape index (κ1) is 15.6. The average Bonchev–Trinajstić information content (AvgIpc) is 2.57. The molecule has 1 aromatic rings. The number of benzene rings is 1. The lowest BCUT2D eigenvalue weighted by atomic mass is 9.68. The van der Waals surface area contributed by atoms with E-state index in [1.165, 1.54) is 17.5 Å². The molecule has 1 fully saturated rings. The number of nitrogens with one attached hydrogen (secondary N) is 1. The van der Waals surface area contributed by atoms with E-state index in [-0.39, 0.29) is 5.41 Å². The zero-order valence-corrected chi connectivity index (χ0v) is 13.9. The van der Waals surface area contributed by atoms with Crippen molar-refractivity contribution in [1.82, 2.24) is 5.32 Å². The Labute approximate surface area is 133 Å². The first-order chi connectivity index (χ1) is 10.7. The molecule has 0 bridgehead atoms. The molecule has 0 aromatic heterocycles. The first-order valence-corrected chi connectivity index (χ1v) is 8.31. The summed E-state index contributed by atoms with van der Waals surface area (Å²) in [7, 11) is 3.42. The number of ether oxygens (including phenoxy) is 3. The summed E-state index contributed by atoms with van der Waals surface area (Å²) in [5.41, 5.74) is 3.00. The van der Waals surface area contributed by atoms with Gasteiger partial charge in [0.2, 0.25) is 0 Å². The molecular weight excluding hydrogens is 278 g/mol. The highest BCUT2D eigenvalue weighted by Crippen LogP contribution is 2.46. The largest absolute Gasteiger partial charge is 0.493 e. The molecule has 1 spiro atoms. The molecule has 0 radical (unpaired) electrons. The van der Waals surface area contributed by atoms with Gasteiger partial charge in [-0.3, -0.25) is 0 Å². The van der Waals surface area contributed by atoms with E-state index in [4.69, 9.17) is 14.2 Å². The number of rotatable bonds is 4. The van der Waals surface area contributed by atoms with Crippen LogP contribution in [0.4, 0.5) is 0 Å². The molecule has 0 aliphatic carbocycles. The van der Waals surface area contributed by atoms with Crippen molar-refractivity contribution in [1.29, 1.82) is 0 Å². The Morgan fingerprint density at radius 3 is 2.50 bits per heavy atom. The normalized spacial score (nSPS) is 23.1. The number of fused-ring (bicyclic) bond motifs is 2. The highest BCUT2D eigenvalue weighted by atomic mass is 16.5. The molecule has 2 aliphatic heterocycles. The van der Waals surface area contributed by atoms with Crippen molar-refractivity contribution in [2.75, 3.05) is 34.0 Å². The molecule has 1 aromatic carbocycles. The van der Waals surface area contributed by atoms with Gasteiger partial charge in [-0.05, 0) is 42.5 Å². The maximum absolute atomic E-state index is 5.60. The van der Waals surface area contributed by atoms with Crippen LogP contribution in [-0.2, 0) is 10.2 Å². The van der Waals surface area contributed by atoms with E-state index >= 15 is 0 Å². The Hall–Kier alpha value is -1.26. The molecule has 1 atom stereocenters. The minimum Gasteiger partial charge on any atom is -0.493 e. The van der Waals surface area contributed by atoms with Crippen molar-refractivity contribution in [3.8, 4) is 11.5 Å². The van der Waals surface area contributed by atoms with Gasteiger partial charge in [0.1, 0.15) is 0 Å². The second kappa shape index (κ2) is 6.47. The van der Waals surface area contributed by atoms with Crippen molar-refractivity contribution in [2.24, 2.45) is 0 Å². The Morgan fingerprint density at radius 1 is 1.18 bits per heavy atom. The fourth-order valence-electron chi connectivity index (χ4n) is 3.92. The number of methoxy groups -OCH3 is 2. The second-order valence-electron chi connectivity index (χ2n) is 6.41. The van der Waals surface area contributed by atoms with E-state index in [2.05, 4.69) is 24.4 Å². The second-order valence-corrected chi connectivity index (χ2v) is 6.41. The van der Waals surface area contributed by atoms with Crippen molar-refractivity contribution >= 4 is 0 Å². The van der Waals surface area contributed by atoms with Gasteiger partial charge in [0.15, 0.2) is 11.5 Å². The summed E-state index contributed by atoms with van der Waals surface area (Å²) in [6.45, 7) is 4.95. The summed E-state index contributed by atoms with van der Waals surface area (Å²) in [6.07, 6.45) is 4.46. The van der Waals surface area contributed by atoms with E-state index in [0.717, 1.165) is 50.5 Å². The van der Waals surface area contributed by atoms with Crippen LogP contribution in [0.15, 0.2) is 12.1 Å². The third-order valence-corrected chi connectivity index (χ3v) is 5.22. The molecule has 1 saturated heterocycles. The summed E-state index contributed by atoms with van der Waals surface area (Å²) >= 11 is 0. The average molecular weight is 305 g/mol. The zero-order chi connectivity index (χ0) is 15.6. The van der Waals surface area contributed by atoms with Gasteiger partial charge in [-0.2, -0.15) is 0 Å². The topological polar surface area (TPSA) is 39.7 Å². The van der Waals surface area contributed by atoms with E-state index in [1.54, 1.807) is 14.2 Å². The van der Waals surface area contributed by atoms with Crippen molar-refractivity contribution in [3.63, 3.8) is 0 Å². The summed E-state index contributed by atoms with van der Waals surface area (Å²) < 4.78 is 16.7. The van der Waals surface area contributed by atoms with Gasteiger partial charge in [0.25, 0.3) is 0 Å². The van der Waals surface area contributed by atoms with Crippen LogP contribution in [0.3, 0.4) is 0 Å². The molecule has 3 rings (SSSR count). The van der Waals surface area contributed by atoms with Crippen LogP contribution in [-0.4, -0.2) is 34.0 Å².